The van der Waals surface area contributed by atoms with Gasteiger partial charge in [0.25, 0.3) is 0 Å². The number of fused-ring (bicyclic) bond motifs is 1. The molecule has 0 saturated heterocycles. The molecule has 3 rings (SSSR count). The molecule has 8 nitrogen and oxygen atoms in total. The van der Waals surface area contributed by atoms with E-state index in [1.807, 2.05) is 0 Å². The van der Waals surface area contributed by atoms with Gasteiger partial charge in [0.15, 0.2) is 28.5 Å². The molecule has 0 aliphatic heterocycles. The molecular formula is C20H24Cl2F2N5O3PU24. The summed E-state index contributed by atoms with van der Waals surface area (Å²) >= 11 is 4.54. The molecule has 0 saturated carbocycles. The average molecular weight is 6240 g/mol. The molecule has 37 heteroatoms. The van der Waals surface area contributed by atoms with Crippen LogP contribution in [-0.2, 0) is 13.0 Å². The van der Waals surface area contributed by atoms with Crippen molar-refractivity contribution in [2.45, 2.75) is 25.8 Å². The monoisotopic (exact) mass is 6230 g/mol. The number of hydrogen-bond donors (Lipinski definition) is 1. The third-order valence-electron chi connectivity index (χ3n) is 4.57. The molecule has 1 atom stereocenters. The third-order valence-corrected chi connectivity index (χ3v) is 4.98. The van der Waals surface area contributed by atoms with Crippen molar-refractivity contribution >= 4 is 46.1 Å². The molecule has 2 heterocycles. The number of benzene rings is 1. The predicted molar refractivity (Wildman–Crippen MR) is 130 cm³/mol. The van der Waals surface area contributed by atoms with E-state index in [0.29, 0.717) is 64.2 Å². The molecule has 0 aliphatic carbocycles. The number of aryl methyl sites for hydroxylation is 1. The van der Waals surface area contributed by atoms with Crippen molar-refractivity contribution in [2.24, 2.45) is 0 Å². The summed E-state index contributed by atoms with van der Waals surface area (Å²) in [6, 6.07) is 1.74. The number of nitrogens with zero attached hydrogens (tertiary/aromatic N) is 4. The number of nitrogens with two attached hydrogens (primary N) is 1. The van der Waals surface area contributed by atoms with Crippen molar-refractivity contribution in [1.29, 1.82) is 0 Å². The van der Waals surface area contributed by atoms with E-state index in [9.17, 15) is 6.49 Å². The zero-order chi connectivity index (χ0) is 24.5. The Morgan fingerprint density at radius 1 is 0.719 bits per heavy atom. The van der Waals surface area contributed by atoms with E-state index in [-0.39, 0.29) is 738 Å². The number of terminal acetylenes is 1. The summed E-state index contributed by atoms with van der Waals surface area (Å²) in [4.78, 5) is 12.0. The number of methoxy groups -OCH3 is 3. The standard InChI is InChI=1S/C20H21ClFN5O3.ClH.FH.H3P.24U/c1-5-6-7-8-27-13(24-15-18(23)25-20(22)26-19(15)27)10-11-9-12(28-2)16(29-3)17(30-4)14(11)21;;;;;;;;;;;;;;;;;;;;;;;;;;;/h1,9H,6-8,10H2,2-4H3,(H2,23,25,26);2*1H;1H3;;;;;;;;;;;;;;;;;;;;;;;;/q;;;;;;;;;;;;;;;;;;;;;;;;;;;+2/p-2. The van der Waals surface area contributed by atoms with Crippen molar-refractivity contribution in [3.05, 3.63) is 28.6 Å². The van der Waals surface area contributed by atoms with Crippen LogP contribution >= 0.6 is 29.1 Å². The third kappa shape index (κ3) is 63.0. The van der Waals surface area contributed by atoms with E-state index in [4.69, 9.17) is 38.0 Å². The van der Waals surface area contributed by atoms with Crippen molar-refractivity contribution in [2.75, 3.05) is 27.1 Å². The number of halogens is 4. The first-order valence-corrected chi connectivity index (χ1v) is 16.5. The molecule has 0 radical (unpaired) electrons. The largest absolute Gasteiger partial charge is 0 e. The van der Waals surface area contributed by atoms with Gasteiger partial charge in [0, 0.05) is 735 Å². The Balaban J connectivity index is -0.0000000198. The molecule has 0 amide bonds. The predicted octanol–water partition coefficient (Wildman–Crippen LogP) is 4.40. The van der Waals surface area contributed by atoms with Gasteiger partial charge in [-0.1, -0.05) is 11.6 Å². The van der Waals surface area contributed by atoms with Gasteiger partial charge in [-0.3, -0.25) is 0 Å². The number of rotatable bonds is 8. The van der Waals surface area contributed by atoms with Crippen LogP contribution in [0.25, 0.3) is 11.2 Å². The number of unbranched alkanes of at least 4 members (excludes halogenated alkanes) is 1. The minimum atomic E-state index is -2.03. The molecule has 276 valence electrons. The molecule has 1 aromatic carbocycles. The van der Waals surface area contributed by atoms with Gasteiger partial charge in [0.2, 0.25) is 5.75 Å². The fraction of sp³-hybridized carbons (Fsp3) is 0.350. The average Bonchev–Trinajstić information content (AvgIpc) is 3.12. The number of nitrogen functional groups attached to an aromatic ring is 1. The van der Waals surface area contributed by atoms with Gasteiger partial charge < -0.3 is 24.5 Å². The van der Waals surface area contributed by atoms with Crippen molar-refractivity contribution in [3.63, 3.8) is 0 Å². The Bertz CT molecular complexity index is 1210. The van der Waals surface area contributed by atoms with E-state index in [1.54, 1.807) is 10.6 Å². The van der Waals surface area contributed by atoms with Crippen molar-refractivity contribution in [3.8, 4) is 29.6 Å². The summed E-state index contributed by atoms with van der Waals surface area (Å²) in [5.74, 6) is 4.30. The van der Waals surface area contributed by atoms with E-state index >= 15 is 0 Å². The van der Waals surface area contributed by atoms with E-state index in [0.717, 1.165) is 0 Å². The van der Waals surface area contributed by atoms with Gasteiger partial charge in [-0.15, -0.1) is 12.3 Å². The molecule has 0 bridgehead atoms. The van der Waals surface area contributed by atoms with Crippen molar-refractivity contribution in [1.82, 2.24) is 19.5 Å². The summed E-state index contributed by atoms with van der Waals surface area (Å²) in [6.07, 6.45) is 5.93. The summed E-state index contributed by atoms with van der Waals surface area (Å²) in [5, 5.41) is 0.350. The molecule has 0 spiro atoms. The Morgan fingerprint density at radius 3 is 1.44 bits per heavy atom. The first-order chi connectivity index (χ1) is 15.9. The van der Waals surface area contributed by atoms with Crippen LogP contribution in [0.2, 0.25) is 5.02 Å². The Hall–Kier alpha value is 22.6. The SMILES string of the molecule is C#CCCCn1c(Cc2cc(OC)c(OC)c(OC)c2Cl)nc2c(N)nc(F)nc21.P.[F][U][Cl].[U].[U].[U].[U].[U].[U].[U].[U].[U].[U].[U].[U].[U].[U].[U].[U].[U].[U].[U].[U].[U].[U].[U]. The summed E-state index contributed by atoms with van der Waals surface area (Å²) in [5.41, 5.74) is 7.15. The van der Waals surface area contributed by atoms with Gasteiger partial charge in [0.1, 0.15) is 5.82 Å². The number of imidazole rings is 1. The van der Waals surface area contributed by atoms with Crippen LogP contribution in [0.5, 0.6) is 17.2 Å². The quantitative estimate of drug-likeness (QED) is 0.155. The fourth-order valence-corrected chi connectivity index (χ4v) is 3.50. The zero-order valence-electron chi connectivity index (χ0n) is 30.3. The Labute approximate surface area is 910 Å². The maximum Gasteiger partial charge on any atom is 0 e. The number of hydrogen-bond acceptors (Lipinski definition) is 7. The summed E-state index contributed by atoms with van der Waals surface area (Å²) in [6.45, 7) is 0.480. The van der Waals surface area contributed by atoms with E-state index in [2.05, 4.69) is 28.5 Å². The maximum absolute atomic E-state index is 13.8. The van der Waals surface area contributed by atoms with Crippen LogP contribution in [0.3, 0.4) is 0 Å². The Kier molecular flexibility index (Phi) is 271. The van der Waals surface area contributed by atoms with E-state index < -0.39 is 33.2 Å². The first kappa shape index (κ1) is 154. The second-order valence-corrected chi connectivity index (χ2v) is 8.71. The molecule has 3 aromatic rings. The van der Waals surface area contributed by atoms with Crippen LogP contribution in [0.15, 0.2) is 6.07 Å². The zero-order valence-corrected chi connectivity index (χ0v) is 133. The molecule has 1 unspecified atom stereocenters. The molecule has 2 aromatic heterocycles. The Morgan fingerprint density at radius 2 is 1.11 bits per heavy atom. The molecule has 0 aliphatic rings. The minimum absolute atomic E-state index is 0. The number of ether oxygens (including phenoxy) is 3. The van der Waals surface area contributed by atoms with Gasteiger partial charge in [-0.05, 0) is 18.1 Å². The smallest absolute Gasteiger partial charge is 0 e. The van der Waals surface area contributed by atoms with E-state index in [1.165, 1.54) is 21.3 Å². The minimum Gasteiger partial charge on any atom is 0 e. The van der Waals surface area contributed by atoms with Crippen LogP contribution in [0.4, 0.5) is 12.3 Å². The normalized spacial score (nSPS) is 5.86. The summed E-state index contributed by atoms with van der Waals surface area (Å²) in [7, 11) is 9.04. The van der Waals surface area contributed by atoms with Crippen LogP contribution in [0, 0.1) is 761 Å². The van der Waals surface area contributed by atoms with Gasteiger partial charge in [-0.2, -0.15) is 24.3 Å². The topological polar surface area (TPSA) is 97.3 Å². The second-order valence-electron chi connectivity index (χ2n) is 6.40. The summed E-state index contributed by atoms with van der Waals surface area (Å²) < 4.78 is 42.0. The molecule has 2 N–H and O–H groups in total. The van der Waals surface area contributed by atoms with Crippen molar-refractivity contribution < 1.29 is 763 Å². The first-order valence-electron chi connectivity index (χ1n) is 9.41. The van der Waals surface area contributed by atoms with Crippen LogP contribution < -0.4 is 19.9 Å². The number of aromatic nitrogens is 4. The molecule has 57 heavy (non-hydrogen) atoms. The molecule has 0 fully saturated rings. The maximum atomic E-state index is 13.8. The van der Waals surface area contributed by atoms with Gasteiger partial charge >= 0.3 is 42.9 Å². The van der Waals surface area contributed by atoms with Gasteiger partial charge in [0.05, 0.1) is 26.4 Å². The van der Waals surface area contributed by atoms with Gasteiger partial charge in [-0.25, -0.2) is 4.98 Å². The molecular weight excluding hydrogens is 6210 g/mol. The van der Waals surface area contributed by atoms with Crippen LogP contribution in [-0.4, -0.2) is 40.8 Å². The van der Waals surface area contributed by atoms with Crippen LogP contribution in [0.1, 0.15) is 24.2 Å². The second kappa shape index (κ2) is 101. The fourth-order valence-electron chi connectivity index (χ4n) is 3.22. The number of anilines is 1.